The molecular formula is C16H20BF4NO2. The SMILES string of the molecule is CNCC(=Cc1c(F)c(F)cc(F)c1F)B1OC(C)(C)C(C)(C)O1. The van der Waals surface area contributed by atoms with Crippen LogP contribution in [0.2, 0.25) is 0 Å². The van der Waals surface area contributed by atoms with Crippen LogP contribution in [-0.2, 0) is 9.31 Å². The van der Waals surface area contributed by atoms with Gasteiger partial charge in [0.25, 0.3) is 0 Å². The molecule has 0 aliphatic carbocycles. The van der Waals surface area contributed by atoms with Crippen LogP contribution < -0.4 is 5.32 Å². The average molecular weight is 345 g/mol. The zero-order valence-electron chi connectivity index (χ0n) is 14.3. The van der Waals surface area contributed by atoms with Crippen LogP contribution in [0.15, 0.2) is 11.5 Å². The van der Waals surface area contributed by atoms with E-state index in [-0.39, 0.29) is 12.6 Å². The summed E-state index contributed by atoms with van der Waals surface area (Å²) in [6.07, 6.45) is 1.02. The fraction of sp³-hybridized carbons (Fsp3) is 0.500. The minimum atomic E-state index is -1.46. The number of benzene rings is 1. The second kappa shape index (κ2) is 6.50. The van der Waals surface area contributed by atoms with Crippen molar-refractivity contribution in [3.8, 4) is 0 Å². The van der Waals surface area contributed by atoms with Crippen molar-refractivity contribution in [2.24, 2.45) is 0 Å². The summed E-state index contributed by atoms with van der Waals surface area (Å²) in [5, 5.41) is 2.83. The van der Waals surface area contributed by atoms with Crippen molar-refractivity contribution in [2.45, 2.75) is 38.9 Å². The number of hydrogen-bond acceptors (Lipinski definition) is 3. The van der Waals surface area contributed by atoms with Crippen LogP contribution in [0.5, 0.6) is 0 Å². The highest BCUT2D eigenvalue weighted by Gasteiger charge is 2.52. The van der Waals surface area contributed by atoms with E-state index in [1.165, 1.54) is 0 Å². The minimum absolute atomic E-state index is 0.161. The third-order valence-electron chi connectivity index (χ3n) is 4.41. The summed E-state index contributed by atoms with van der Waals surface area (Å²) in [6, 6.07) is 0.175. The molecule has 1 aromatic carbocycles. The van der Waals surface area contributed by atoms with E-state index in [0.29, 0.717) is 5.47 Å². The normalized spacial score (nSPS) is 19.9. The Morgan fingerprint density at radius 3 is 1.92 bits per heavy atom. The Labute approximate surface area is 139 Å². The summed E-state index contributed by atoms with van der Waals surface area (Å²) in [6.45, 7) is 7.47. The smallest absolute Gasteiger partial charge is 0.400 e. The van der Waals surface area contributed by atoms with E-state index in [4.69, 9.17) is 9.31 Å². The summed E-state index contributed by atoms with van der Waals surface area (Å²) in [7, 11) is 0.727. The van der Waals surface area contributed by atoms with Gasteiger partial charge < -0.3 is 14.6 Å². The first-order valence-electron chi connectivity index (χ1n) is 7.54. The van der Waals surface area contributed by atoms with Gasteiger partial charge in [0.1, 0.15) is 0 Å². The van der Waals surface area contributed by atoms with Crippen LogP contribution in [-0.4, -0.2) is 31.9 Å². The summed E-state index contributed by atoms with van der Waals surface area (Å²) in [4.78, 5) is 0. The van der Waals surface area contributed by atoms with Gasteiger partial charge in [-0.1, -0.05) is 6.08 Å². The largest absolute Gasteiger partial charge is 0.491 e. The molecule has 3 nitrogen and oxygen atoms in total. The van der Waals surface area contributed by atoms with Crippen molar-refractivity contribution >= 4 is 13.2 Å². The van der Waals surface area contributed by atoms with E-state index in [0.717, 1.165) is 6.08 Å². The Balaban J connectivity index is 2.49. The molecule has 1 fully saturated rings. The molecule has 24 heavy (non-hydrogen) atoms. The lowest BCUT2D eigenvalue weighted by atomic mass is 9.77. The predicted molar refractivity (Wildman–Crippen MR) is 84.3 cm³/mol. The van der Waals surface area contributed by atoms with Crippen molar-refractivity contribution in [3.05, 3.63) is 40.4 Å². The van der Waals surface area contributed by atoms with E-state index in [1.807, 2.05) is 27.7 Å². The predicted octanol–water partition coefficient (Wildman–Crippen LogP) is 3.48. The molecule has 1 aliphatic heterocycles. The third kappa shape index (κ3) is 3.36. The van der Waals surface area contributed by atoms with Gasteiger partial charge in [0.2, 0.25) is 0 Å². The molecule has 132 valence electrons. The van der Waals surface area contributed by atoms with E-state index in [1.54, 1.807) is 7.05 Å². The highest BCUT2D eigenvalue weighted by atomic mass is 19.2. The lowest BCUT2D eigenvalue weighted by molar-refractivity contribution is 0.00578. The zero-order valence-corrected chi connectivity index (χ0v) is 14.3. The van der Waals surface area contributed by atoms with Crippen molar-refractivity contribution in [2.75, 3.05) is 13.6 Å². The first kappa shape index (κ1) is 19.0. The highest BCUT2D eigenvalue weighted by Crippen LogP contribution is 2.39. The second-order valence-electron chi connectivity index (χ2n) is 6.72. The zero-order chi connectivity index (χ0) is 18.3. The maximum atomic E-state index is 13.9. The number of nitrogens with one attached hydrogen (secondary N) is 1. The molecule has 1 aromatic rings. The van der Waals surface area contributed by atoms with Crippen LogP contribution in [0.1, 0.15) is 33.3 Å². The van der Waals surface area contributed by atoms with Crippen molar-refractivity contribution < 1.29 is 26.9 Å². The topological polar surface area (TPSA) is 30.5 Å². The van der Waals surface area contributed by atoms with Crippen molar-refractivity contribution in [1.82, 2.24) is 5.32 Å². The van der Waals surface area contributed by atoms with Gasteiger partial charge in [-0.25, -0.2) is 17.6 Å². The summed E-state index contributed by atoms with van der Waals surface area (Å²) in [5.74, 6) is -5.84. The minimum Gasteiger partial charge on any atom is -0.400 e. The van der Waals surface area contributed by atoms with E-state index >= 15 is 0 Å². The standard InChI is InChI=1S/C16H20BF4NO2/c1-15(2)16(3,4)24-17(23-15)9(8-22-5)6-10-13(20)11(18)7-12(19)14(10)21/h6-7,22H,8H2,1-5H3. The van der Waals surface area contributed by atoms with E-state index < -0.39 is 47.2 Å². The van der Waals surface area contributed by atoms with E-state index in [9.17, 15) is 17.6 Å². The lowest BCUT2D eigenvalue weighted by Gasteiger charge is -2.32. The molecule has 0 spiro atoms. The Kier molecular flexibility index (Phi) is 5.13. The molecule has 1 heterocycles. The molecule has 1 N–H and O–H groups in total. The fourth-order valence-corrected chi connectivity index (χ4v) is 2.30. The van der Waals surface area contributed by atoms with Gasteiger partial charge >= 0.3 is 7.12 Å². The van der Waals surface area contributed by atoms with Crippen LogP contribution in [0.25, 0.3) is 6.08 Å². The number of halogens is 4. The van der Waals surface area contributed by atoms with Crippen molar-refractivity contribution in [1.29, 1.82) is 0 Å². The molecule has 1 saturated heterocycles. The maximum Gasteiger partial charge on any atom is 0.491 e. The molecule has 0 saturated carbocycles. The summed E-state index contributed by atoms with van der Waals surface area (Å²) >= 11 is 0. The Morgan fingerprint density at radius 1 is 1.04 bits per heavy atom. The van der Waals surface area contributed by atoms with Gasteiger partial charge in [0, 0.05) is 12.6 Å². The monoisotopic (exact) mass is 345 g/mol. The highest BCUT2D eigenvalue weighted by molar-refractivity contribution is 6.55. The number of likely N-dealkylation sites (N-methyl/N-ethyl adjacent to an activating group) is 1. The molecule has 2 rings (SSSR count). The van der Waals surface area contributed by atoms with Gasteiger partial charge in [-0.05, 0) is 40.2 Å². The second-order valence-corrected chi connectivity index (χ2v) is 6.72. The van der Waals surface area contributed by atoms with Crippen LogP contribution in [0.4, 0.5) is 17.6 Å². The van der Waals surface area contributed by atoms with Gasteiger partial charge in [-0.15, -0.1) is 0 Å². The Hall–Kier alpha value is -1.38. The molecule has 0 aromatic heterocycles. The van der Waals surface area contributed by atoms with Gasteiger partial charge in [0.05, 0.1) is 16.8 Å². The summed E-state index contributed by atoms with van der Waals surface area (Å²) < 4.78 is 66.2. The van der Waals surface area contributed by atoms with Crippen LogP contribution in [0, 0.1) is 23.3 Å². The molecule has 1 aliphatic rings. The fourth-order valence-electron chi connectivity index (χ4n) is 2.30. The lowest BCUT2D eigenvalue weighted by Crippen LogP contribution is -2.41. The Bertz CT molecular complexity index is 634. The summed E-state index contributed by atoms with van der Waals surface area (Å²) in [5.41, 5.74) is -1.80. The van der Waals surface area contributed by atoms with E-state index in [2.05, 4.69) is 5.32 Å². The quantitative estimate of drug-likeness (QED) is 0.515. The average Bonchev–Trinajstić information content (AvgIpc) is 2.68. The Morgan fingerprint density at radius 2 is 1.50 bits per heavy atom. The molecule has 8 heteroatoms. The number of hydrogen-bond donors (Lipinski definition) is 1. The molecule has 0 bridgehead atoms. The molecular weight excluding hydrogens is 325 g/mol. The van der Waals surface area contributed by atoms with Crippen molar-refractivity contribution in [3.63, 3.8) is 0 Å². The third-order valence-corrected chi connectivity index (χ3v) is 4.41. The molecule has 0 amide bonds. The number of rotatable bonds is 4. The van der Waals surface area contributed by atoms with Crippen LogP contribution >= 0.6 is 0 Å². The first-order chi connectivity index (χ1) is 11.0. The first-order valence-corrected chi connectivity index (χ1v) is 7.54. The van der Waals surface area contributed by atoms with Gasteiger partial charge in [0.15, 0.2) is 23.3 Å². The van der Waals surface area contributed by atoms with Gasteiger partial charge in [-0.3, -0.25) is 0 Å². The molecule has 0 radical (unpaired) electrons. The molecule has 0 unspecified atom stereocenters. The maximum absolute atomic E-state index is 13.9. The van der Waals surface area contributed by atoms with Crippen LogP contribution in [0.3, 0.4) is 0 Å². The molecule has 0 atom stereocenters. The van der Waals surface area contributed by atoms with Gasteiger partial charge in [-0.2, -0.15) is 0 Å².